The molecule has 1 amide bonds. The zero-order valence-corrected chi connectivity index (χ0v) is 21.7. The number of carbonyl (C=O) groups excluding carboxylic acids is 1. The third-order valence-electron chi connectivity index (χ3n) is 5.78. The zero-order valence-electron chi connectivity index (χ0n) is 21.0. The lowest BCUT2D eigenvalue weighted by Crippen LogP contribution is -2.21. The Morgan fingerprint density at radius 2 is 1.61 bits per heavy atom. The van der Waals surface area contributed by atoms with Crippen molar-refractivity contribution in [1.29, 1.82) is 0 Å². The number of carboxylic acid groups (broad SMARTS) is 1. The van der Waals surface area contributed by atoms with E-state index >= 15 is 0 Å². The summed E-state index contributed by atoms with van der Waals surface area (Å²) >= 11 is 6.39. The van der Waals surface area contributed by atoms with Gasteiger partial charge in [0.25, 0.3) is 5.91 Å². The molecule has 0 saturated heterocycles. The fraction of sp³-hybridized carbons (Fsp3) is 0.107. The molecule has 0 aliphatic heterocycles. The van der Waals surface area contributed by atoms with E-state index in [1.54, 1.807) is 41.8 Å². The first kappa shape index (κ1) is 29.3. The lowest BCUT2D eigenvalue weighted by molar-refractivity contribution is -0.192. The minimum absolute atomic E-state index is 0.182. The number of pyridine rings is 1. The molecule has 2 N–H and O–H groups in total. The van der Waals surface area contributed by atoms with E-state index in [1.807, 2.05) is 24.3 Å². The summed E-state index contributed by atoms with van der Waals surface area (Å²) in [5.74, 6) is -4.23. The number of hydrogen-bond acceptors (Lipinski definition) is 4. The summed E-state index contributed by atoms with van der Waals surface area (Å²) in [6.07, 6.45) is -3.41. The highest BCUT2D eigenvalue weighted by molar-refractivity contribution is 6.37. The number of rotatable bonds is 5. The molecule has 0 aliphatic carbocycles. The Balaban J connectivity index is 0.000000493. The summed E-state index contributed by atoms with van der Waals surface area (Å²) in [5.41, 5.74) is 1.53. The van der Waals surface area contributed by atoms with Crippen LogP contribution in [-0.2, 0) is 11.4 Å². The van der Waals surface area contributed by atoms with Gasteiger partial charge in [-0.25, -0.2) is 18.6 Å². The van der Waals surface area contributed by atoms with Gasteiger partial charge >= 0.3 is 12.1 Å². The van der Waals surface area contributed by atoms with Crippen LogP contribution in [0.2, 0.25) is 5.02 Å². The zero-order chi connectivity index (χ0) is 29.9. The van der Waals surface area contributed by atoms with Crippen LogP contribution in [0.1, 0.15) is 21.7 Å². The summed E-state index contributed by atoms with van der Waals surface area (Å²) in [4.78, 5) is 26.7. The Morgan fingerprint density at radius 3 is 2.24 bits per heavy atom. The van der Waals surface area contributed by atoms with E-state index in [9.17, 15) is 26.7 Å². The Bertz CT molecular complexity index is 1750. The maximum absolute atomic E-state index is 14.0. The molecule has 0 atom stereocenters. The van der Waals surface area contributed by atoms with Crippen LogP contribution in [0, 0.1) is 18.6 Å². The first-order valence-corrected chi connectivity index (χ1v) is 12.1. The van der Waals surface area contributed by atoms with Crippen molar-refractivity contribution in [3.63, 3.8) is 0 Å². The first-order chi connectivity index (χ1) is 19.4. The van der Waals surface area contributed by atoms with E-state index in [2.05, 4.69) is 10.3 Å². The topological polar surface area (TPSA) is 92.9 Å². The fourth-order valence-corrected chi connectivity index (χ4v) is 4.23. The van der Waals surface area contributed by atoms with E-state index < -0.39 is 23.8 Å². The molecule has 0 fully saturated rings. The number of alkyl halides is 3. The SMILES string of the molecule is Cc1nc2c(OCc3c(F)cccc3F)cccn2c1C(=O)Nc1cccc2cccc(Cl)c12.O=C(O)C(F)(F)F. The van der Waals surface area contributed by atoms with Crippen molar-refractivity contribution in [2.75, 3.05) is 5.32 Å². The number of aromatic nitrogens is 2. The highest BCUT2D eigenvalue weighted by atomic mass is 35.5. The van der Waals surface area contributed by atoms with Gasteiger partial charge < -0.3 is 15.2 Å². The smallest absolute Gasteiger partial charge is 0.485 e. The van der Waals surface area contributed by atoms with Crippen LogP contribution in [-0.4, -0.2) is 32.5 Å². The third-order valence-corrected chi connectivity index (χ3v) is 6.10. The van der Waals surface area contributed by atoms with Crippen molar-refractivity contribution >= 4 is 45.6 Å². The molecular formula is C28H19ClF5N3O4. The van der Waals surface area contributed by atoms with Crippen molar-refractivity contribution in [3.8, 4) is 5.75 Å². The van der Waals surface area contributed by atoms with Gasteiger partial charge in [0.2, 0.25) is 0 Å². The number of fused-ring (bicyclic) bond motifs is 2. The number of anilines is 1. The normalized spacial score (nSPS) is 11.2. The number of aliphatic carboxylic acids is 1. The summed E-state index contributed by atoms with van der Waals surface area (Å²) in [5, 5.41) is 12.2. The van der Waals surface area contributed by atoms with E-state index in [0.29, 0.717) is 33.5 Å². The Kier molecular flexibility index (Phi) is 8.43. The maximum Gasteiger partial charge on any atom is 0.490 e. The number of carboxylic acids is 1. The molecule has 2 heterocycles. The lowest BCUT2D eigenvalue weighted by atomic mass is 10.1. The van der Waals surface area contributed by atoms with E-state index in [4.69, 9.17) is 26.2 Å². The fourth-order valence-electron chi connectivity index (χ4n) is 3.94. The second-order valence-electron chi connectivity index (χ2n) is 8.50. The first-order valence-electron chi connectivity index (χ1n) is 11.7. The van der Waals surface area contributed by atoms with Crippen LogP contribution in [0.5, 0.6) is 5.75 Å². The van der Waals surface area contributed by atoms with E-state index in [-0.39, 0.29) is 18.1 Å². The van der Waals surface area contributed by atoms with Gasteiger partial charge in [-0.2, -0.15) is 13.2 Å². The molecule has 13 heteroatoms. The monoisotopic (exact) mass is 591 g/mol. The van der Waals surface area contributed by atoms with Crippen LogP contribution in [0.3, 0.4) is 0 Å². The highest BCUT2D eigenvalue weighted by Crippen LogP contribution is 2.31. The number of nitrogens with zero attached hydrogens (tertiary/aromatic N) is 2. The van der Waals surface area contributed by atoms with Crippen molar-refractivity contribution < 1.29 is 41.4 Å². The molecule has 212 valence electrons. The average molecular weight is 592 g/mol. The number of ether oxygens (including phenoxy) is 1. The van der Waals surface area contributed by atoms with Gasteiger partial charge in [0, 0.05) is 11.6 Å². The number of benzene rings is 3. The van der Waals surface area contributed by atoms with Crippen molar-refractivity contribution in [2.45, 2.75) is 19.7 Å². The number of hydrogen-bond donors (Lipinski definition) is 2. The van der Waals surface area contributed by atoms with Crippen LogP contribution in [0.15, 0.2) is 72.9 Å². The van der Waals surface area contributed by atoms with Gasteiger partial charge in [-0.1, -0.05) is 41.9 Å². The van der Waals surface area contributed by atoms with Gasteiger partial charge in [-0.3, -0.25) is 9.20 Å². The van der Waals surface area contributed by atoms with Gasteiger partial charge in [0.15, 0.2) is 11.4 Å². The van der Waals surface area contributed by atoms with Crippen LogP contribution in [0.4, 0.5) is 27.6 Å². The minimum Gasteiger partial charge on any atom is -0.485 e. The molecule has 0 aliphatic rings. The Hall–Kier alpha value is -4.71. The third kappa shape index (κ3) is 6.38. The highest BCUT2D eigenvalue weighted by Gasteiger charge is 2.38. The van der Waals surface area contributed by atoms with Gasteiger partial charge in [0.05, 0.1) is 22.0 Å². The van der Waals surface area contributed by atoms with Gasteiger partial charge in [-0.15, -0.1) is 0 Å². The molecular weight excluding hydrogens is 573 g/mol. The predicted octanol–water partition coefficient (Wildman–Crippen LogP) is 7.19. The van der Waals surface area contributed by atoms with Crippen LogP contribution < -0.4 is 10.1 Å². The summed E-state index contributed by atoms with van der Waals surface area (Å²) in [6, 6.07) is 18.0. The molecule has 2 aromatic heterocycles. The summed E-state index contributed by atoms with van der Waals surface area (Å²) in [7, 11) is 0. The number of halogens is 6. The van der Waals surface area contributed by atoms with E-state index in [0.717, 1.165) is 10.8 Å². The quantitative estimate of drug-likeness (QED) is 0.211. The molecule has 0 radical (unpaired) electrons. The summed E-state index contributed by atoms with van der Waals surface area (Å²) < 4.78 is 67.0. The number of carbonyl (C=O) groups is 2. The largest absolute Gasteiger partial charge is 0.490 e. The summed E-state index contributed by atoms with van der Waals surface area (Å²) in [6.45, 7) is 1.39. The molecule has 41 heavy (non-hydrogen) atoms. The molecule has 5 rings (SSSR count). The second kappa shape index (κ2) is 11.8. The van der Waals surface area contributed by atoms with Gasteiger partial charge in [0.1, 0.15) is 23.9 Å². The standard InChI is InChI=1S/C26H18ClF2N3O2.C2HF3O2/c1-15-24(26(33)31-21-11-3-7-16-6-2-8-18(27)23(16)21)32-13-5-12-22(25(32)30-15)34-14-17-19(28)9-4-10-20(17)29;3-2(4,5)1(6)7/h2-13H,14H2,1H3,(H,31,33);(H,6,7). The maximum atomic E-state index is 14.0. The number of imidazole rings is 1. The van der Waals surface area contributed by atoms with Gasteiger partial charge in [-0.05, 0) is 48.7 Å². The molecule has 0 unspecified atom stereocenters. The number of aryl methyl sites for hydroxylation is 1. The minimum atomic E-state index is -5.08. The van der Waals surface area contributed by atoms with Crippen LogP contribution in [0.25, 0.3) is 16.4 Å². The number of amides is 1. The number of nitrogens with one attached hydrogen (secondary N) is 1. The van der Waals surface area contributed by atoms with Crippen molar-refractivity contribution in [3.05, 3.63) is 107 Å². The second-order valence-corrected chi connectivity index (χ2v) is 8.91. The Labute approximate surface area is 233 Å². The molecule has 0 saturated carbocycles. The van der Waals surface area contributed by atoms with Crippen molar-refractivity contribution in [1.82, 2.24) is 9.38 Å². The van der Waals surface area contributed by atoms with Crippen molar-refractivity contribution in [2.24, 2.45) is 0 Å². The molecule has 5 aromatic rings. The van der Waals surface area contributed by atoms with E-state index in [1.165, 1.54) is 18.2 Å². The lowest BCUT2D eigenvalue weighted by Gasteiger charge is -2.11. The average Bonchev–Trinajstić information content (AvgIpc) is 3.25. The molecule has 7 nitrogen and oxygen atoms in total. The molecule has 3 aromatic carbocycles. The Morgan fingerprint density at radius 1 is 1.00 bits per heavy atom. The predicted molar refractivity (Wildman–Crippen MR) is 141 cm³/mol. The molecule has 0 bridgehead atoms. The molecule has 0 spiro atoms. The van der Waals surface area contributed by atoms with Crippen LogP contribution >= 0.6 is 11.6 Å².